The molecule has 0 spiro atoms. The zero-order valence-electron chi connectivity index (χ0n) is 18.9. The van der Waals surface area contributed by atoms with Crippen molar-refractivity contribution in [2.75, 3.05) is 26.2 Å². The summed E-state index contributed by atoms with van der Waals surface area (Å²) >= 11 is 3.60. The van der Waals surface area contributed by atoms with Crippen LogP contribution in [0.1, 0.15) is 61.6 Å². The predicted molar refractivity (Wildman–Crippen MR) is 131 cm³/mol. The smallest absolute Gasteiger partial charge is 0.210 e. The van der Waals surface area contributed by atoms with E-state index in [2.05, 4.69) is 47.7 Å². The Morgan fingerprint density at radius 1 is 1.03 bits per heavy atom. The third-order valence-corrected chi connectivity index (χ3v) is 6.12. The van der Waals surface area contributed by atoms with E-state index >= 15 is 0 Å². The van der Waals surface area contributed by atoms with Crippen molar-refractivity contribution in [2.45, 2.75) is 46.5 Å². The minimum atomic E-state index is 0.0325. The number of fused-ring (bicyclic) bond motifs is 1. The molecule has 4 nitrogen and oxygen atoms in total. The lowest BCUT2D eigenvalue weighted by atomic mass is 10.0. The van der Waals surface area contributed by atoms with Crippen LogP contribution < -0.4 is 4.74 Å². The van der Waals surface area contributed by atoms with E-state index < -0.39 is 0 Å². The summed E-state index contributed by atoms with van der Waals surface area (Å²) in [5, 5.41) is 0. The van der Waals surface area contributed by atoms with E-state index in [0.717, 1.165) is 59.5 Å². The molecule has 0 atom stereocenters. The van der Waals surface area contributed by atoms with Gasteiger partial charge in [0.05, 0.1) is 16.8 Å². The number of nitrogens with zero attached hydrogens (tertiary/aromatic N) is 2. The van der Waals surface area contributed by atoms with Gasteiger partial charge in [0, 0.05) is 23.8 Å². The van der Waals surface area contributed by atoms with E-state index in [1.165, 1.54) is 12.8 Å². The molecule has 0 aliphatic carbocycles. The van der Waals surface area contributed by atoms with Gasteiger partial charge in [-0.25, -0.2) is 0 Å². The molecule has 166 valence electrons. The number of hydrogen-bond donors (Lipinski definition) is 0. The number of ether oxygens (including phenoxy) is 1. The first kappa shape index (κ1) is 23.6. The SMILES string of the molecule is CCCN(CCC)CCCOc1ccc(C(=O)c2c(CC)cc3ccccn23)cc1Br. The van der Waals surface area contributed by atoms with E-state index in [-0.39, 0.29) is 5.78 Å². The monoisotopic (exact) mass is 484 g/mol. The quantitative estimate of drug-likeness (QED) is 0.220. The molecule has 0 fully saturated rings. The second-order valence-corrected chi connectivity index (χ2v) is 8.74. The molecule has 2 heterocycles. The van der Waals surface area contributed by atoms with Crippen molar-refractivity contribution in [1.82, 2.24) is 9.30 Å². The zero-order valence-corrected chi connectivity index (χ0v) is 20.5. The molecule has 1 aromatic carbocycles. The van der Waals surface area contributed by atoms with Gasteiger partial charge in [0.2, 0.25) is 5.78 Å². The van der Waals surface area contributed by atoms with Crippen LogP contribution in [0.4, 0.5) is 0 Å². The third kappa shape index (κ3) is 5.78. The Balaban J connectivity index is 1.68. The van der Waals surface area contributed by atoms with Gasteiger partial charge in [-0.15, -0.1) is 0 Å². The van der Waals surface area contributed by atoms with Gasteiger partial charge in [0.1, 0.15) is 5.75 Å². The van der Waals surface area contributed by atoms with Crippen molar-refractivity contribution in [1.29, 1.82) is 0 Å². The van der Waals surface area contributed by atoms with Crippen LogP contribution in [0.25, 0.3) is 5.52 Å². The van der Waals surface area contributed by atoms with Crippen molar-refractivity contribution >= 4 is 27.2 Å². The van der Waals surface area contributed by atoms with Crippen LogP contribution in [-0.2, 0) is 6.42 Å². The van der Waals surface area contributed by atoms with Crippen molar-refractivity contribution in [3.05, 3.63) is 70.0 Å². The highest BCUT2D eigenvalue weighted by molar-refractivity contribution is 9.10. The molecule has 3 rings (SSSR count). The van der Waals surface area contributed by atoms with E-state index in [1.54, 1.807) is 0 Å². The van der Waals surface area contributed by atoms with Crippen LogP contribution >= 0.6 is 15.9 Å². The number of halogens is 1. The molecule has 0 N–H and O–H groups in total. The highest BCUT2D eigenvalue weighted by Crippen LogP contribution is 2.28. The van der Waals surface area contributed by atoms with Gasteiger partial charge in [0.15, 0.2) is 0 Å². The molecular formula is C26H33BrN2O2. The van der Waals surface area contributed by atoms with Gasteiger partial charge in [-0.3, -0.25) is 4.79 Å². The zero-order chi connectivity index (χ0) is 22.2. The molecule has 0 saturated carbocycles. The Hall–Kier alpha value is -2.11. The predicted octanol–water partition coefficient (Wildman–Crippen LogP) is 6.39. The average molecular weight is 485 g/mol. The molecule has 5 heteroatoms. The highest BCUT2D eigenvalue weighted by atomic mass is 79.9. The summed E-state index contributed by atoms with van der Waals surface area (Å²) in [4.78, 5) is 15.8. The Morgan fingerprint density at radius 2 is 1.81 bits per heavy atom. The lowest BCUT2D eigenvalue weighted by Gasteiger charge is -2.20. The van der Waals surface area contributed by atoms with Crippen LogP contribution in [0, 0.1) is 0 Å². The minimum absolute atomic E-state index is 0.0325. The normalized spacial score (nSPS) is 11.4. The lowest BCUT2D eigenvalue weighted by molar-refractivity contribution is 0.103. The van der Waals surface area contributed by atoms with Crippen LogP contribution in [0.2, 0.25) is 0 Å². The van der Waals surface area contributed by atoms with Crippen molar-refractivity contribution < 1.29 is 9.53 Å². The molecule has 0 aliphatic heterocycles. The molecule has 0 aliphatic rings. The molecule has 0 bridgehead atoms. The first-order valence-corrected chi connectivity index (χ1v) is 12.2. The molecular weight excluding hydrogens is 452 g/mol. The van der Waals surface area contributed by atoms with Gasteiger partial charge < -0.3 is 14.0 Å². The van der Waals surface area contributed by atoms with Crippen molar-refractivity contribution in [3.8, 4) is 5.75 Å². The van der Waals surface area contributed by atoms with Crippen molar-refractivity contribution in [2.24, 2.45) is 0 Å². The topological polar surface area (TPSA) is 34.0 Å². The van der Waals surface area contributed by atoms with E-state index in [4.69, 9.17) is 4.74 Å². The summed E-state index contributed by atoms with van der Waals surface area (Å²) in [6.07, 6.45) is 6.12. The lowest BCUT2D eigenvalue weighted by Crippen LogP contribution is -2.27. The second kappa shape index (κ2) is 11.5. The average Bonchev–Trinajstić information content (AvgIpc) is 3.16. The summed E-state index contributed by atoms with van der Waals surface area (Å²) in [5.41, 5.74) is 3.51. The maximum atomic E-state index is 13.3. The molecule has 0 unspecified atom stereocenters. The van der Waals surface area contributed by atoms with E-state index in [1.807, 2.05) is 47.0 Å². The minimum Gasteiger partial charge on any atom is -0.492 e. The van der Waals surface area contributed by atoms with Crippen molar-refractivity contribution in [3.63, 3.8) is 0 Å². The summed E-state index contributed by atoms with van der Waals surface area (Å²) in [7, 11) is 0. The Labute approximate surface area is 194 Å². The number of aromatic nitrogens is 1. The number of benzene rings is 1. The molecule has 0 amide bonds. The van der Waals surface area contributed by atoms with Crippen LogP contribution in [0.5, 0.6) is 5.75 Å². The van der Waals surface area contributed by atoms with Gasteiger partial charge in [-0.1, -0.05) is 26.8 Å². The standard InChI is InChI=1S/C26H33BrN2O2/c1-4-13-28(14-5-2)15-9-17-31-24-12-11-21(19-23(24)27)26(30)25-20(6-3)18-22-10-7-8-16-29(22)25/h7-8,10-12,16,18-19H,4-6,9,13-15,17H2,1-3H3. The van der Waals surface area contributed by atoms with Crippen LogP contribution in [-0.4, -0.2) is 41.3 Å². The summed E-state index contributed by atoms with van der Waals surface area (Å²) < 4.78 is 8.79. The fourth-order valence-corrected chi connectivity index (χ4v) is 4.53. The number of ketones is 1. The number of aryl methyl sites for hydroxylation is 1. The van der Waals surface area contributed by atoms with E-state index in [0.29, 0.717) is 12.2 Å². The summed E-state index contributed by atoms with van der Waals surface area (Å²) in [6.45, 7) is 10.5. The van der Waals surface area contributed by atoms with Gasteiger partial charge in [0.25, 0.3) is 0 Å². The molecule has 0 radical (unpaired) electrons. The second-order valence-electron chi connectivity index (χ2n) is 7.89. The van der Waals surface area contributed by atoms with Crippen LogP contribution in [0.15, 0.2) is 53.1 Å². The Bertz CT molecular complexity index is 1010. The molecule has 2 aromatic heterocycles. The fourth-order valence-electron chi connectivity index (χ4n) is 4.04. The summed E-state index contributed by atoms with van der Waals surface area (Å²) in [6, 6.07) is 13.7. The number of carbonyl (C=O) groups excluding carboxylic acids is 1. The van der Waals surface area contributed by atoms with Gasteiger partial charge in [-0.05, 0) is 96.7 Å². The largest absolute Gasteiger partial charge is 0.492 e. The molecule has 31 heavy (non-hydrogen) atoms. The molecule has 0 saturated heterocycles. The number of hydrogen-bond acceptors (Lipinski definition) is 3. The first-order chi connectivity index (χ1) is 15.1. The fraction of sp³-hybridized carbons (Fsp3) is 0.423. The maximum absolute atomic E-state index is 13.3. The van der Waals surface area contributed by atoms with Gasteiger partial charge in [-0.2, -0.15) is 0 Å². The van der Waals surface area contributed by atoms with E-state index in [9.17, 15) is 4.79 Å². The number of rotatable bonds is 12. The number of carbonyl (C=O) groups is 1. The third-order valence-electron chi connectivity index (χ3n) is 5.50. The summed E-state index contributed by atoms with van der Waals surface area (Å²) in [5.74, 6) is 0.815. The van der Waals surface area contributed by atoms with Gasteiger partial charge >= 0.3 is 0 Å². The van der Waals surface area contributed by atoms with Crippen LogP contribution in [0.3, 0.4) is 0 Å². The number of pyridine rings is 1. The molecule has 3 aromatic rings. The highest BCUT2D eigenvalue weighted by Gasteiger charge is 2.19. The Kier molecular flexibility index (Phi) is 8.73. The Morgan fingerprint density at radius 3 is 2.48 bits per heavy atom. The maximum Gasteiger partial charge on any atom is 0.210 e. The first-order valence-electron chi connectivity index (χ1n) is 11.4.